The summed E-state index contributed by atoms with van der Waals surface area (Å²) in [6.45, 7) is 2.17. The molecule has 0 saturated heterocycles. The van der Waals surface area contributed by atoms with Gasteiger partial charge in [0.2, 0.25) is 0 Å². The van der Waals surface area contributed by atoms with Gasteiger partial charge in [-0.1, -0.05) is 0 Å². The van der Waals surface area contributed by atoms with E-state index in [-0.39, 0.29) is 12.1 Å². The zero-order valence-corrected chi connectivity index (χ0v) is 29.3. The SMILES string of the molecule is C[C@H]1OC(c2ccccc2)=N[C@H]1C(Cc1ccccc1)(Cc1ccccc1)O[PH](C1=CCCC=CCC1)(c1ccccc1)c1ccccc1. The van der Waals surface area contributed by atoms with E-state index in [1.165, 1.54) is 27.1 Å². The molecule has 248 valence electrons. The van der Waals surface area contributed by atoms with Crippen molar-refractivity contribution in [1.29, 1.82) is 0 Å². The molecule has 4 heteroatoms. The van der Waals surface area contributed by atoms with Gasteiger partial charge in [0, 0.05) is 0 Å². The number of ether oxygens (including phenoxy) is 1. The van der Waals surface area contributed by atoms with Gasteiger partial charge in [0.1, 0.15) is 0 Å². The molecular formula is C45H46NO2P. The van der Waals surface area contributed by atoms with Gasteiger partial charge in [-0.3, -0.25) is 0 Å². The van der Waals surface area contributed by atoms with Crippen LogP contribution in [0.5, 0.6) is 0 Å². The van der Waals surface area contributed by atoms with Crippen LogP contribution in [0.1, 0.15) is 49.3 Å². The van der Waals surface area contributed by atoms with Crippen LogP contribution in [-0.4, -0.2) is 23.6 Å². The van der Waals surface area contributed by atoms with E-state index in [4.69, 9.17) is 14.3 Å². The van der Waals surface area contributed by atoms with Crippen LogP contribution in [0.2, 0.25) is 0 Å². The fourth-order valence-corrected chi connectivity index (χ4v) is 12.2. The summed E-state index contributed by atoms with van der Waals surface area (Å²) < 4.78 is 15.2. The summed E-state index contributed by atoms with van der Waals surface area (Å²) >= 11 is 0. The van der Waals surface area contributed by atoms with Crippen molar-refractivity contribution in [1.82, 2.24) is 0 Å². The second kappa shape index (κ2) is 15.3. The summed E-state index contributed by atoms with van der Waals surface area (Å²) in [5.74, 6) is 0.689. The van der Waals surface area contributed by atoms with Gasteiger partial charge in [-0.2, -0.15) is 0 Å². The molecule has 3 nitrogen and oxygen atoms in total. The van der Waals surface area contributed by atoms with Crippen molar-refractivity contribution in [3.05, 3.63) is 192 Å². The Labute approximate surface area is 292 Å². The molecule has 5 aromatic rings. The van der Waals surface area contributed by atoms with Crippen molar-refractivity contribution < 1.29 is 9.26 Å². The van der Waals surface area contributed by atoms with Crippen LogP contribution in [0.3, 0.4) is 0 Å². The molecule has 1 aliphatic carbocycles. The van der Waals surface area contributed by atoms with E-state index in [1.54, 1.807) is 0 Å². The van der Waals surface area contributed by atoms with Crippen LogP contribution in [0, 0.1) is 0 Å². The van der Waals surface area contributed by atoms with Crippen molar-refractivity contribution in [2.24, 2.45) is 4.99 Å². The zero-order chi connectivity index (χ0) is 33.4. The molecule has 0 saturated carbocycles. The molecule has 49 heavy (non-hydrogen) atoms. The summed E-state index contributed by atoms with van der Waals surface area (Å²) in [7, 11) is -3.14. The number of allylic oxidation sites excluding steroid dienone is 4. The average molecular weight is 664 g/mol. The van der Waals surface area contributed by atoms with E-state index in [9.17, 15) is 0 Å². The third-order valence-corrected chi connectivity index (χ3v) is 14.3. The quantitative estimate of drug-likeness (QED) is 0.104. The average Bonchev–Trinajstić information content (AvgIpc) is 3.55. The summed E-state index contributed by atoms with van der Waals surface area (Å²) in [5.41, 5.74) is 2.70. The Morgan fingerprint density at radius 3 is 1.67 bits per heavy atom. The Kier molecular flexibility index (Phi) is 10.3. The van der Waals surface area contributed by atoms with Crippen LogP contribution >= 0.6 is 7.49 Å². The third kappa shape index (κ3) is 7.25. The molecule has 1 aliphatic heterocycles. The number of benzene rings is 5. The Hall–Kier alpha value is -4.56. The van der Waals surface area contributed by atoms with E-state index < -0.39 is 13.1 Å². The molecule has 1 heterocycles. The fraction of sp³-hybridized carbons (Fsp3) is 0.222. The standard InChI is InChI=1S/C45H46NO2P/c1-36-43(46-44(47-36)39-26-14-7-15-27-39)45(34-37-22-10-5-11-23-37,35-38-24-12-6-13-25-38)48-49(41-30-18-8-19-31-41,42-32-20-9-21-33-42)40-28-16-3-2-4-17-29-40/h2-3,5-15,18-27,29-33,36,43,49H,4,16-17,28,34-35H2,1H3/t36-,43-/m1/s1. The second-order valence-corrected chi connectivity index (χ2v) is 16.7. The van der Waals surface area contributed by atoms with Gasteiger partial charge in [-0.25, -0.2) is 0 Å². The zero-order valence-electron chi connectivity index (χ0n) is 28.3. The summed E-state index contributed by atoms with van der Waals surface area (Å²) in [4.78, 5) is 5.52. The van der Waals surface area contributed by atoms with Crippen LogP contribution in [0.15, 0.2) is 180 Å². The summed E-state index contributed by atoms with van der Waals surface area (Å²) in [6, 6.07) is 53.9. The predicted molar refractivity (Wildman–Crippen MR) is 208 cm³/mol. The summed E-state index contributed by atoms with van der Waals surface area (Å²) in [5, 5.41) is 3.96. The van der Waals surface area contributed by atoms with E-state index >= 15 is 0 Å². The van der Waals surface area contributed by atoms with Gasteiger partial charge in [0.25, 0.3) is 0 Å². The maximum atomic E-state index is 8.44. The van der Waals surface area contributed by atoms with Crippen LogP contribution in [0.4, 0.5) is 0 Å². The van der Waals surface area contributed by atoms with Crippen molar-refractivity contribution in [2.75, 3.05) is 0 Å². The normalized spacial score (nSPS) is 18.5. The van der Waals surface area contributed by atoms with E-state index in [0.29, 0.717) is 18.7 Å². The molecule has 7 rings (SSSR count). The first-order valence-electron chi connectivity index (χ1n) is 17.7. The number of rotatable bonds is 11. The van der Waals surface area contributed by atoms with Crippen molar-refractivity contribution in [3.63, 3.8) is 0 Å². The first-order valence-corrected chi connectivity index (χ1v) is 19.6. The molecule has 0 unspecified atom stereocenters. The first kappa shape index (κ1) is 33.0. The molecule has 0 spiro atoms. The van der Waals surface area contributed by atoms with Gasteiger partial charge < -0.3 is 0 Å². The maximum absolute atomic E-state index is 8.44. The number of nitrogens with zero attached hydrogens (tertiary/aromatic N) is 1. The number of aliphatic imine (C=N–C) groups is 1. The fourth-order valence-electron chi connectivity index (χ4n) is 7.68. The molecule has 0 N–H and O–H groups in total. The summed E-state index contributed by atoms with van der Waals surface area (Å²) in [6.07, 6.45) is 12.3. The molecule has 2 aliphatic rings. The third-order valence-electron chi connectivity index (χ3n) is 9.89. The van der Waals surface area contributed by atoms with E-state index in [0.717, 1.165) is 31.2 Å². The van der Waals surface area contributed by atoms with Crippen molar-refractivity contribution >= 4 is 24.0 Å². The number of hydrogen-bond acceptors (Lipinski definition) is 3. The van der Waals surface area contributed by atoms with Gasteiger partial charge in [0.05, 0.1) is 0 Å². The molecule has 0 amide bonds. The van der Waals surface area contributed by atoms with Gasteiger partial charge in [-0.05, 0) is 0 Å². The van der Waals surface area contributed by atoms with Gasteiger partial charge in [0.15, 0.2) is 0 Å². The van der Waals surface area contributed by atoms with Crippen LogP contribution in [-0.2, 0) is 22.1 Å². The Balaban J connectivity index is 1.51. The number of hydrogen-bond donors (Lipinski definition) is 0. The molecule has 0 radical (unpaired) electrons. The molecule has 0 bridgehead atoms. The topological polar surface area (TPSA) is 30.8 Å². The molecule has 2 atom stereocenters. The minimum atomic E-state index is -3.14. The molecule has 0 fully saturated rings. The molecular weight excluding hydrogens is 617 g/mol. The molecule has 5 aromatic carbocycles. The second-order valence-electron chi connectivity index (χ2n) is 13.3. The van der Waals surface area contributed by atoms with Crippen LogP contribution in [0.25, 0.3) is 0 Å². The molecule has 0 aromatic heterocycles. The van der Waals surface area contributed by atoms with E-state index in [2.05, 4.69) is 171 Å². The van der Waals surface area contributed by atoms with Gasteiger partial charge in [-0.15, -0.1) is 0 Å². The van der Waals surface area contributed by atoms with Gasteiger partial charge >= 0.3 is 293 Å². The Morgan fingerprint density at radius 2 is 1.12 bits per heavy atom. The van der Waals surface area contributed by atoms with E-state index in [1.807, 2.05) is 6.07 Å². The predicted octanol–water partition coefficient (Wildman–Crippen LogP) is 9.79. The minimum absolute atomic E-state index is 0.199. The Morgan fingerprint density at radius 1 is 0.633 bits per heavy atom. The Bertz CT molecular complexity index is 1790. The van der Waals surface area contributed by atoms with Crippen molar-refractivity contribution in [3.8, 4) is 0 Å². The van der Waals surface area contributed by atoms with Crippen molar-refractivity contribution in [2.45, 2.75) is 63.2 Å². The van der Waals surface area contributed by atoms with Crippen LogP contribution < -0.4 is 10.6 Å². The monoisotopic (exact) mass is 663 g/mol. The first-order chi connectivity index (χ1) is 24.2.